The number of methoxy groups -OCH3 is 1. The molecule has 0 fully saturated rings. The third-order valence-corrected chi connectivity index (χ3v) is 2.28. The molecular weight excluding hydrogens is 220 g/mol. The van der Waals surface area contributed by atoms with E-state index < -0.39 is 0 Å². The number of hydrogen-bond acceptors (Lipinski definition) is 2. The number of halogens is 1. The molecule has 0 N–H and O–H groups in total. The number of fused-ring (bicyclic) bond motifs is 1. The Morgan fingerprint density at radius 2 is 2.42 bits per heavy atom. The summed E-state index contributed by atoms with van der Waals surface area (Å²) < 4.78 is 7.89. The normalized spacial score (nSPS) is 10.5. The summed E-state index contributed by atoms with van der Waals surface area (Å²) in [7, 11) is 1.65. The zero-order valence-corrected chi connectivity index (χ0v) is 8.08. The quantitative estimate of drug-likeness (QED) is 0.745. The molecule has 62 valence electrons. The molecule has 0 bridgehead atoms. The van der Waals surface area contributed by atoms with Crippen molar-refractivity contribution in [1.29, 1.82) is 0 Å². The molecular formula is C8H7BrN2O. The van der Waals surface area contributed by atoms with Gasteiger partial charge in [-0.25, -0.2) is 4.98 Å². The third kappa shape index (κ3) is 0.992. The first-order valence-corrected chi connectivity index (χ1v) is 4.27. The fourth-order valence-corrected chi connectivity index (χ4v) is 1.64. The maximum atomic E-state index is 5.18. The first-order valence-electron chi connectivity index (χ1n) is 3.48. The Labute approximate surface area is 78.1 Å². The van der Waals surface area contributed by atoms with Crippen LogP contribution in [-0.2, 0) is 0 Å². The van der Waals surface area contributed by atoms with E-state index in [0.29, 0.717) is 0 Å². The molecule has 4 heteroatoms. The molecule has 0 atom stereocenters. The van der Waals surface area contributed by atoms with Gasteiger partial charge in [-0.15, -0.1) is 0 Å². The van der Waals surface area contributed by atoms with Crippen LogP contribution in [0.4, 0.5) is 0 Å². The largest absolute Gasteiger partial charge is 0.494 e. The molecule has 0 aromatic carbocycles. The monoisotopic (exact) mass is 226 g/mol. The Morgan fingerprint density at radius 1 is 1.58 bits per heavy atom. The number of hydrogen-bond donors (Lipinski definition) is 0. The highest BCUT2D eigenvalue weighted by molar-refractivity contribution is 9.10. The van der Waals surface area contributed by atoms with Crippen LogP contribution >= 0.6 is 15.9 Å². The molecule has 0 unspecified atom stereocenters. The molecule has 12 heavy (non-hydrogen) atoms. The molecule has 2 rings (SSSR count). The van der Waals surface area contributed by atoms with E-state index in [-0.39, 0.29) is 0 Å². The summed E-state index contributed by atoms with van der Waals surface area (Å²) in [5.74, 6) is 0.821. The van der Waals surface area contributed by atoms with Crippen LogP contribution in [0.3, 0.4) is 0 Å². The van der Waals surface area contributed by atoms with Crippen LogP contribution in [0.2, 0.25) is 0 Å². The standard InChI is InChI=1S/C8H7BrN2O/c1-12-6-3-2-4-11-5-10-8(9)7(6)11/h2-5H,1H3. The van der Waals surface area contributed by atoms with E-state index in [1.807, 2.05) is 22.7 Å². The molecule has 0 aliphatic rings. The Hall–Kier alpha value is -1.03. The SMILES string of the molecule is COc1cccn2cnc(Br)c12. The van der Waals surface area contributed by atoms with Crippen molar-refractivity contribution < 1.29 is 4.74 Å². The van der Waals surface area contributed by atoms with Crippen molar-refractivity contribution in [2.24, 2.45) is 0 Å². The van der Waals surface area contributed by atoms with Gasteiger partial charge in [-0.05, 0) is 28.1 Å². The van der Waals surface area contributed by atoms with E-state index in [9.17, 15) is 0 Å². The molecule has 2 aromatic rings. The van der Waals surface area contributed by atoms with Gasteiger partial charge in [0.1, 0.15) is 22.2 Å². The predicted octanol–water partition coefficient (Wildman–Crippen LogP) is 2.11. The molecule has 0 aliphatic carbocycles. The van der Waals surface area contributed by atoms with Gasteiger partial charge in [-0.2, -0.15) is 0 Å². The Balaban J connectivity index is 2.84. The van der Waals surface area contributed by atoms with Gasteiger partial charge in [0.15, 0.2) is 0 Å². The highest BCUT2D eigenvalue weighted by Gasteiger charge is 2.05. The number of imidazole rings is 1. The second-order valence-corrected chi connectivity index (χ2v) is 3.12. The second-order valence-electron chi connectivity index (χ2n) is 2.37. The van der Waals surface area contributed by atoms with Gasteiger partial charge in [0.2, 0.25) is 0 Å². The fraction of sp³-hybridized carbons (Fsp3) is 0.125. The highest BCUT2D eigenvalue weighted by atomic mass is 79.9. The summed E-state index contributed by atoms with van der Waals surface area (Å²) >= 11 is 3.35. The number of pyridine rings is 1. The predicted molar refractivity (Wildman–Crippen MR) is 49.4 cm³/mol. The summed E-state index contributed by atoms with van der Waals surface area (Å²) in [6.07, 6.45) is 3.66. The first-order chi connectivity index (χ1) is 5.83. The maximum absolute atomic E-state index is 5.18. The Bertz CT molecular complexity index is 410. The number of rotatable bonds is 1. The topological polar surface area (TPSA) is 26.5 Å². The summed E-state index contributed by atoms with van der Waals surface area (Å²) in [5, 5.41) is 0. The van der Waals surface area contributed by atoms with Crippen LogP contribution in [0, 0.1) is 0 Å². The minimum atomic E-state index is 0.806. The average molecular weight is 227 g/mol. The molecule has 0 spiro atoms. The van der Waals surface area contributed by atoms with Gasteiger partial charge < -0.3 is 9.14 Å². The van der Waals surface area contributed by atoms with E-state index in [0.717, 1.165) is 15.9 Å². The van der Waals surface area contributed by atoms with Crippen molar-refractivity contribution in [3.8, 4) is 5.75 Å². The number of ether oxygens (including phenoxy) is 1. The molecule has 0 amide bonds. The molecule has 2 aromatic heterocycles. The first kappa shape index (κ1) is 7.61. The molecule has 3 nitrogen and oxygen atoms in total. The van der Waals surface area contributed by atoms with Gasteiger partial charge in [0.25, 0.3) is 0 Å². The fourth-order valence-electron chi connectivity index (χ4n) is 1.15. The lowest BCUT2D eigenvalue weighted by molar-refractivity contribution is 0.418. The lowest BCUT2D eigenvalue weighted by Gasteiger charge is -2.01. The van der Waals surface area contributed by atoms with E-state index in [1.54, 1.807) is 13.4 Å². The zero-order valence-electron chi connectivity index (χ0n) is 6.49. The lowest BCUT2D eigenvalue weighted by atomic mass is 10.4. The van der Waals surface area contributed by atoms with Crippen LogP contribution in [0.5, 0.6) is 5.75 Å². The van der Waals surface area contributed by atoms with E-state index >= 15 is 0 Å². The van der Waals surface area contributed by atoms with Crippen molar-refractivity contribution in [1.82, 2.24) is 9.38 Å². The smallest absolute Gasteiger partial charge is 0.145 e. The van der Waals surface area contributed by atoms with Crippen LogP contribution in [0.25, 0.3) is 5.52 Å². The van der Waals surface area contributed by atoms with E-state index in [1.165, 1.54) is 0 Å². The van der Waals surface area contributed by atoms with Crippen molar-refractivity contribution >= 4 is 21.4 Å². The third-order valence-electron chi connectivity index (χ3n) is 1.70. The second kappa shape index (κ2) is 2.79. The van der Waals surface area contributed by atoms with Gasteiger partial charge in [-0.1, -0.05) is 0 Å². The van der Waals surface area contributed by atoms with Crippen LogP contribution in [0.1, 0.15) is 0 Å². The molecule has 0 saturated heterocycles. The van der Waals surface area contributed by atoms with Gasteiger partial charge in [0.05, 0.1) is 7.11 Å². The minimum Gasteiger partial charge on any atom is -0.494 e. The summed E-state index contributed by atoms with van der Waals surface area (Å²) in [5.41, 5.74) is 0.958. The summed E-state index contributed by atoms with van der Waals surface area (Å²) in [6.45, 7) is 0. The van der Waals surface area contributed by atoms with Crippen molar-refractivity contribution in [2.45, 2.75) is 0 Å². The number of nitrogens with zero attached hydrogens (tertiary/aromatic N) is 2. The van der Waals surface area contributed by atoms with Crippen LogP contribution in [-0.4, -0.2) is 16.5 Å². The van der Waals surface area contributed by atoms with E-state index in [4.69, 9.17) is 4.74 Å². The van der Waals surface area contributed by atoms with Gasteiger partial charge >= 0.3 is 0 Å². The van der Waals surface area contributed by atoms with Gasteiger partial charge in [0, 0.05) is 6.20 Å². The van der Waals surface area contributed by atoms with Crippen molar-refractivity contribution in [3.05, 3.63) is 29.3 Å². The summed E-state index contributed by atoms with van der Waals surface area (Å²) in [6, 6.07) is 3.82. The maximum Gasteiger partial charge on any atom is 0.145 e. The van der Waals surface area contributed by atoms with E-state index in [2.05, 4.69) is 20.9 Å². The van der Waals surface area contributed by atoms with Gasteiger partial charge in [-0.3, -0.25) is 0 Å². The zero-order chi connectivity index (χ0) is 8.55. The molecule has 0 saturated carbocycles. The van der Waals surface area contributed by atoms with Crippen LogP contribution in [0.15, 0.2) is 29.3 Å². The molecule has 0 aliphatic heterocycles. The van der Waals surface area contributed by atoms with Crippen LogP contribution < -0.4 is 4.74 Å². The summed E-state index contributed by atoms with van der Waals surface area (Å²) in [4.78, 5) is 4.10. The number of aromatic nitrogens is 2. The van der Waals surface area contributed by atoms with Crippen molar-refractivity contribution in [2.75, 3.05) is 7.11 Å². The Morgan fingerprint density at radius 3 is 3.17 bits per heavy atom. The molecule has 0 radical (unpaired) electrons. The minimum absolute atomic E-state index is 0.806. The Kier molecular flexibility index (Phi) is 1.77. The molecule has 2 heterocycles. The van der Waals surface area contributed by atoms with Crippen molar-refractivity contribution in [3.63, 3.8) is 0 Å². The lowest BCUT2D eigenvalue weighted by Crippen LogP contribution is -1.87. The highest BCUT2D eigenvalue weighted by Crippen LogP contribution is 2.25. The average Bonchev–Trinajstić information content (AvgIpc) is 2.48.